The van der Waals surface area contributed by atoms with Crippen LogP contribution in [0.25, 0.3) is 16.9 Å². The molecular formula is C26H19N5O2. The largest absolute Gasteiger partial charge is 0.322 e. The lowest BCUT2D eigenvalue weighted by Gasteiger charge is -2.13. The molecular weight excluding hydrogens is 414 g/mol. The molecule has 1 amide bonds. The molecule has 0 aliphatic carbocycles. The fourth-order valence-electron chi connectivity index (χ4n) is 3.64. The van der Waals surface area contributed by atoms with Crippen molar-refractivity contribution in [2.24, 2.45) is 0 Å². The summed E-state index contributed by atoms with van der Waals surface area (Å²) in [6, 6.07) is 23.8. The predicted octanol–water partition coefficient (Wildman–Crippen LogP) is 4.02. The number of carbonyl (C=O) groups is 1. The first-order chi connectivity index (χ1) is 16.2. The normalized spacial score (nSPS) is 10.8. The van der Waals surface area contributed by atoms with E-state index >= 15 is 0 Å². The fraction of sp³-hybridized carbons (Fsp3) is 0.0385. The molecule has 0 saturated heterocycles. The van der Waals surface area contributed by atoms with Crippen molar-refractivity contribution in [1.29, 1.82) is 0 Å². The monoisotopic (exact) mass is 433 g/mol. The molecule has 5 rings (SSSR count). The Balaban J connectivity index is 1.58. The number of hydrogen-bond donors (Lipinski definition) is 1. The van der Waals surface area contributed by atoms with E-state index in [-0.39, 0.29) is 11.5 Å². The highest BCUT2D eigenvalue weighted by molar-refractivity contribution is 6.04. The number of nitrogens with one attached hydrogen (secondary N) is 1. The Morgan fingerprint density at radius 2 is 1.70 bits per heavy atom. The average molecular weight is 433 g/mol. The quantitative estimate of drug-likeness (QED) is 0.452. The number of aromatic nitrogens is 4. The van der Waals surface area contributed by atoms with Crippen LogP contribution in [0.1, 0.15) is 21.6 Å². The summed E-state index contributed by atoms with van der Waals surface area (Å²) in [5.74, 6) is -0.260. The molecule has 2 aromatic carbocycles. The van der Waals surface area contributed by atoms with Crippen molar-refractivity contribution in [2.75, 3.05) is 5.32 Å². The second kappa shape index (κ2) is 8.84. The van der Waals surface area contributed by atoms with Crippen molar-refractivity contribution >= 4 is 22.8 Å². The van der Waals surface area contributed by atoms with Crippen molar-refractivity contribution in [3.8, 4) is 5.69 Å². The van der Waals surface area contributed by atoms with Crippen LogP contribution >= 0.6 is 0 Å². The topological polar surface area (TPSA) is 89.8 Å². The molecule has 7 heteroatoms. The Morgan fingerprint density at radius 3 is 2.52 bits per heavy atom. The first kappa shape index (κ1) is 20.3. The van der Waals surface area contributed by atoms with Crippen molar-refractivity contribution in [3.63, 3.8) is 0 Å². The lowest BCUT2D eigenvalue weighted by Crippen LogP contribution is -2.25. The minimum atomic E-state index is -0.260. The number of benzene rings is 2. The zero-order valence-electron chi connectivity index (χ0n) is 17.6. The van der Waals surface area contributed by atoms with E-state index in [9.17, 15) is 9.59 Å². The summed E-state index contributed by atoms with van der Waals surface area (Å²) in [6.07, 6.45) is 5.16. The van der Waals surface area contributed by atoms with Crippen molar-refractivity contribution in [3.05, 3.63) is 125 Å². The molecule has 0 bridgehead atoms. The highest BCUT2D eigenvalue weighted by Gasteiger charge is 2.15. The van der Waals surface area contributed by atoms with Crippen molar-refractivity contribution < 1.29 is 4.79 Å². The van der Waals surface area contributed by atoms with Crippen LogP contribution in [0.2, 0.25) is 0 Å². The van der Waals surface area contributed by atoms with Crippen LogP contribution < -0.4 is 10.9 Å². The summed E-state index contributed by atoms with van der Waals surface area (Å²) < 4.78 is 1.54. The van der Waals surface area contributed by atoms with E-state index in [0.29, 0.717) is 40.2 Å². The minimum Gasteiger partial charge on any atom is -0.322 e. The lowest BCUT2D eigenvalue weighted by atomic mass is 10.1. The van der Waals surface area contributed by atoms with E-state index in [4.69, 9.17) is 0 Å². The molecule has 3 aromatic heterocycles. The van der Waals surface area contributed by atoms with Crippen LogP contribution in [-0.4, -0.2) is 25.4 Å². The molecule has 3 heterocycles. The molecule has 5 aromatic rings. The SMILES string of the molecule is O=C(Nc1cccc(-n2c(=O)c(Cc3ccccc3)nc3cccnc32)c1)c1ccncc1. The zero-order chi connectivity index (χ0) is 22.6. The van der Waals surface area contributed by atoms with Gasteiger partial charge in [0.15, 0.2) is 5.65 Å². The molecule has 1 N–H and O–H groups in total. The van der Waals surface area contributed by atoms with E-state index < -0.39 is 0 Å². The van der Waals surface area contributed by atoms with E-state index in [1.165, 1.54) is 0 Å². The van der Waals surface area contributed by atoms with Gasteiger partial charge in [-0.05, 0) is 48.0 Å². The van der Waals surface area contributed by atoms with Gasteiger partial charge in [0.2, 0.25) is 0 Å². The van der Waals surface area contributed by atoms with Gasteiger partial charge in [-0.2, -0.15) is 0 Å². The van der Waals surface area contributed by atoms with Gasteiger partial charge >= 0.3 is 0 Å². The Labute approximate surface area is 189 Å². The Hall–Kier alpha value is -4.65. The summed E-state index contributed by atoms with van der Waals surface area (Å²) in [7, 11) is 0. The summed E-state index contributed by atoms with van der Waals surface area (Å²) in [4.78, 5) is 39.0. The van der Waals surface area contributed by atoms with Gasteiger partial charge in [-0.1, -0.05) is 36.4 Å². The van der Waals surface area contributed by atoms with Gasteiger partial charge in [-0.15, -0.1) is 0 Å². The van der Waals surface area contributed by atoms with E-state index in [1.807, 2.05) is 42.5 Å². The average Bonchev–Trinajstić information content (AvgIpc) is 2.86. The Morgan fingerprint density at radius 1 is 0.879 bits per heavy atom. The molecule has 7 nitrogen and oxygen atoms in total. The van der Waals surface area contributed by atoms with Gasteiger partial charge in [0.25, 0.3) is 11.5 Å². The maximum absolute atomic E-state index is 13.5. The van der Waals surface area contributed by atoms with Gasteiger partial charge in [-0.3, -0.25) is 19.1 Å². The van der Waals surface area contributed by atoms with Gasteiger partial charge in [0.1, 0.15) is 11.2 Å². The van der Waals surface area contributed by atoms with Gasteiger partial charge in [-0.25, -0.2) is 9.97 Å². The number of carbonyl (C=O) groups excluding carboxylic acids is 1. The Bertz CT molecular complexity index is 1500. The number of nitrogens with zero attached hydrogens (tertiary/aromatic N) is 4. The van der Waals surface area contributed by atoms with Gasteiger partial charge in [0, 0.05) is 36.3 Å². The van der Waals surface area contributed by atoms with Crippen LogP contribution in [0, 0.1) is 0 Å². The lowest BCUT2D eigenvalue weighted by molar-refractivity contribution is 0.102. The maximum Gasteiger partial charge on any atom is 0.278 e. The second-order valence-electron chi connectivity index (χ2n) is 7.45. The van der Waals surface area contributed by atoms with Crippen LogP contribution in [0.3, 0.4) is 0 Å². The van der Waals surface area contributed by atoms with Crippen LogP contribution in [0.4, 0.5) is 5.69 Å². The molecule has 160 valence electrons. The molecule has 33 heavy (non-hydrogen) atoms. The van der Waals surface area contributed by atoms with Crippen LogP contribution in [-0.2, 0) is 6.42 Å². The molecule has 0 atom stereocenters. The first-order valence-corrected chi connectivity index (χ1v) is 10.4. The van der Waals surface area contributed by atoms with Crippen molar-refractivity contribution in [1.82, 2.24) is 19.5 Å². The molecule has 0 saturated carbocycles. The molecule has 0 fully saturated rings. The summed E-state index contributed by atoms with van der Waals surface area (Å²) in [5, 5.41) is 2.87. The number of pyridine rings is 2. The first-order valence-electron chi connectivity index (χ1n) is 10.4. The van der Waals surface area contributed by atoms with Gasteiger partial charge < -0.3 is 5.32 Å². The second-order valence-corrected chi connectivity index (χ2v) is 7.45. The number of amides is 1. The van der Waals surface area contributed by atoms with E-state index in [2.05, 4.69) is 20.3 Å². The van der Waals surface area contributed by atoms with Crippen LogP contribution in [0.15, 0.2) is 102 Å². The fourth-order valence-corrected chi connectivity index (χ4v) is 3.64. The number of rotatable bonds is 5. The minimum absolute atomic E-state index is 0.248. The zero-order valence-corrected chi connectivity index (χ0v) is 17.6. The number of anilines is 1. The Kier molecular flexibility index (Phi) is 5.43. The van der Waals surface area contributed by atoms with E-state index in [1.54, 1.807) is 59.6 Å². The highest BCUT2D eigenvalue weighted by Crippen LogP contribution is 2.19. The number of hydrogen-bond acceptors (Lipinski definition) is 5. The highest BCUT2D eigenvalue weighted by atomic mass is 16.1. The molecule has 0 radical (unpaired) electrons. The standard InChI is InChI=1S/C26H19N5O2/c32-25(19-11-14-27-15-12-19)29-20-8-4-9-21(17-20)31-24-22(10-5-13-28-24)30-23(26(31)33)16-18-6-2-1-3-7-18/h1-15,17H,16H2,(H,29,32). The smallest absolute Gasteiger partial charge is 0.278 e. The molecule has 0 aliphatic heterocycles. The molecule has 0 unspecified atom stereocenters. The van der Waals surface area contributed by atoms with Crippen molar-refractivity contribution in [2.45, 2.75) is 6.42 Å². The predicted molar refractivity (Wildman–Crippen MR) is 127 cm³/mol. The summed E-state index contributed by atoms with van der Waals surface area (Å²) in [5.41, 5.74) is 3.89. The summed E-state index contributed by atoms with van der Waals surface area (Å²) in [6.45, 7) is 0. The third kappa shape index (κ3) is 4.24. The third-order valence-electron chi connectivity index (χ3n) is 5.20. The van der Waals surface area contributed by atoms with Gasteiger partial charge in [0.05, 0.1) is 5.69 Å². The maximum atomic E-state index is 13.5. The van der Waals surface area contributed by atoms with E-state index in [0.717, 1.165) is 5.56 Å². The molecule has 0 spiro atoms. The molecule has 0 aliphatic rings. The number of fused-ring (bicyclic) bond motifs is 1. The summed E-state index contributed by atoms with van der Waals surface area (Å²) >= 11 is 0. The third-order valence-corrected chi connectivity index (χ3v) is 5.20. The van der Waals surface area contributed by atoms with Crippen LogP contribution in [0.5, 0.6) is 0 Å².